The standard InChI is InChI=1S/C10H13ClN2/c1-8-6-10(11)12-7-9(8)13-4-2-3-5-13/h6-7H,2-5H2,1H3. The maximum atomic E-state index is 5.79. The molecule has 2 nitrogen and oxygen atoms in total. The highest BCUT2D eigenvalue weighted by molar-refractivity contribution is 6.29. The van der Waals surface area contributed by atoms with Crippen molar-refractivity contribution in [2.24, 2.45) is 0 Å². The molecule has 1 aliphatic heterocycles. The number of hydrogen-bond donors (Lipinski definition) is 0. The predicted molar refractivity (Wildman–Crippen MR) is 55.4 cm³/mol. The third-order valence-corrected chi connectivity index (χ3v) is 2.70. The molecule has 0 radical (unpaired) electrons. The van der Waals surface area contributed by atoms with Gasteiger partial charge in [-0.1, -0.05) is 11.6 Å². The summed E-state index contributed by atoms with van der Waals surface area (Å²) in [4.78, 5) is 6.48. The van der Waals surface area contributed by atoms with Crippen LogP contribution in [0.2, 0.25) is 5.15 Å². The van der Waals surface area contributed by atoms with Gasteiger partial charge in [-0.3, -0.25) is 0 Å². The van der Waals surface area contributed by atoms with Gasteiger partial charge in [-0.05, 0) is 31.4 Å². The summed E-state index contributed by atoms with van der Waals surface area (Å²) < 4.78 is 0. The summed E-state index contributed by atoms with van der Waals surface area (Å²) in [6.07, 6.45) is 4.47. The zero-order valence-corrected chi connectivity index (χ0v) is 8.51. The lowest BCUT2D eigenvalue weighted by Crippen LogP contribution is -2.18. The first-order chi connectivity index (χ1) is 6.27. The van der Waals surface area contributed by atoms with Crippen LogP contribution < -0.4 is 4.90 Å². The summed E-state index contributed by atoms with van der Waals surface area (Å²) in [5.41, 5.74) is 2.46. The molecule has 70 valence electrons. The third kappa shape index (κ3) is 1.78. The van der Waals surface area contributed by atoms with Crippen molar-refractivity contribution >= 4 is 17.3 Å². The zero-order chi connectivity index (χ0) is 9.26. The second-order valence-corrected chi connectivity index (χ2v) is 3.87. The van der Waals surface area contributed by atoms with Crippen molar-refractivity contribution in [3.05, 3.63) is 23.0 Å². The van der Waals surface area contributed by atoms with Crippen molar-refractivity contribution in [3.8, 4) is 0 Å². The Morgan fingerprint density at radius 2 is 2.08 bits per heavy atom. The van der Waals surface area contributed by atoms with Crippen LogP contribution in [0.15, 0.2) is 12.3 Å². The molecule has 0 N–H and O–H groups in total. The summed E-state index contributed by atoms with van der Waals surface area (Å²) in [5, 5.41) is 0.584. The van der Waals surface area contributed by atoms with Gasteiger partial charge < -0.3 is 4.90 Å². The molecule has 2 heterocycles. The molecule has 0 unspecified atom stereocenters. The van der Waals surface area contributed by atoms with Crippen LogP contribution in [0.4, 0.5) is 5.69 Å². The van der Waals surface area contributed by atoms with E-state index in [1.807, 2.05) is 12.3 Å². The highest BCUT2D eigenvalue weighted by Gasteiger charge is 2.14. The largest absolute Gasteiger partial charge is 0.370 e. The van der Waals surface area contributed by atoms with E-state index < -0.39 is 0 Å². The van der Waals surface area contributed by atoms with E-state index >= 15 is 0 Å². The van der Waals surface area contributed by atoms with Gasteiger partial charge in [0.25, 0.3) is 0 Å². The number of anilines is 1. The van der Waals surface area contributed by atoms with Gasteiger partial charge in [-0.25, -0.2) is 4.98 Å². The minimum Gasteiger partial charge on any atom is -0.370 e. The quantitative estimate of drug-likeness (QED) is 0.642. The van der Waals surface area contributed by atoms with Crippen molar-refractivity contribution in [1.82, 2.24) is 4.98 Å². The zero-order valence-electron chi connectivity index (χ0n) is 7.76. The van der Waals surface area contributed by atoms with Crippen molar-refractivity contribution in [1.29, 1.82) is 0 Å². The first-order valence-electron chi connectivity index (χ1n) is 4.64. The van der Waals surface area contributed by atoms with Crippen molar-refractivity contribution < 1.29 is 0 Å². The maximum absolute atomic E-state index is 5.79. The van der Waals surface area contributed by atoms with Crippen LogP contribution in [-0.4, -0.2) is 18.1 Å². The Morgan fingerprint density at radius 3 is 2.69 bits per heavy atom. The van der Waals surface area contributed by atoms with Gasteiger partial charge in [0, 0.05) is 13.1 Å². The van der Waals surface area contributed by atoms with Gasteiger partial charge in [-0.15, -0.1) is 0 Å². The minimum absolute atomic E-state index is 0.584. The first-order valence-corrected chi connectivity index (χ1v) is 5.02. The Bertz CT molecular complexity index is 306. The van der Waals surface area contributed by atoms with Crippen LogP contribution in [0, 0.1) is 6.92 Å². The summed E-state index contributed by atoms with van der Waals surface area (Å²) in [6, 6.07) is 1.93. The fourth-order valence-corrected chi connectivity index (χ4v) is 2.02. The van der Waals surface area contributed by atoms with E-state index in [9.17, 15) is 0 Å². The van der Waals surface area contributed by atoms with Gasteiger partial charge in [0.05, 0.1) is 11.9 Å². The Kier molecular flexibility index (Phi) is 2.40. The van der Waals surface area contributed by atoms with Crippen molar-refractivity contribution in [2.45, 2.75) is 19.8 Å². The lowest BCUT2D eigenvalue weighted by atomic mass is 10.2. The lowest BCUT2D eigenvalue weighted by molar-refractivity contribution is 0.949. The lowest BCUT2D eigenvalue weighted by Gasteiger charge is -2.19. The van der Waals surface area contributed by atoms with Gasteiger partial charge in [0.15, 0.2) is 0 Å². The number of rotatable bonds is 1. The Morgan fingerprint density at radius 1 is 1.38 bits per heavy atom. The molecule has 1 saturated heterocycles. The Labute approximate surface area is 83.5 Å². The van der Waals surface area contributed by atoms with Gasteiger partial charge >= 0.3 is 0 Å². The number of pyridine rings is 1. The number of hydrogen-bond acceptors (Lipinski definition) is 2. The van der Waals surface area contributed by atoms with Gasteiger partial charge in [0.1, 0.15) is 5.15 Å². The molecule has 2 rings (SSSR count). The maximum Gasteiger partial charge on any atom is 0.129 e. The monoisotopic (exact) mass is 196 g/mol. The van der Waals surface area contributed by atoms with E-state index in [-0.39, 0.29) is 0 Å². The Balaban J connectivity index is 2.29. The molecule has 0 bridgehead atoms. The molecule has 0 atom stereocenters. The average Bonchev–Trinajstić information content (AvgIpc) is 2.56. The van der Waals surface area contributed by atoms with Crippen LogP contribution in [0.3, 0.4) is 0 Å². The SMILES string of the molecule is Cc1cc(Cl)ncc1N1CCCC1. The second-order valence-electron chi connectivity index (χ2n) is 3.49. The van der Waals surface area contributed by atoms with E-state index in [2.05, 4.69) is 16.8 Å². The van der Waals surface area contributed by atoms with Gasteiger partial charge in [-0.2, -0.15) is 0 Å². The predicted octanol–water partition coefficient (Wildman–Crippen LogP) is 2.64. The highest BCUT2D eigenvalue weighted by Crippen LogP contribution is 2.24. The summed E-state index contributed by atoms with van der Waals surface area (Å²) >= 11 is 5.79. The summed E-state index contributed by atoms with van der Waals surface area (Å²) in [6.45, 7) is 4.40. The molecule has 1 aromatic rings. The fourth-order valence-electron chi connectivity index (χ4n) is 1.80. The number of nitrogens with zero attached hydrogens (tertiary/aromatic N) is 2. The second kappa shape index (κ2) is 3.54. The summed E-state index contributed by atoms with van der Waals surface area (Å²) in [5.74, 6) is 0. The molecular weight excluding hydrogens is 184 g/mol. The molecule has 1 aliphatic rings. The fraction of sp³-hybridized carbons (Fsp3) is 0.500. The molecule has 0 aromatic carbocycles. The average molecular weight is 197 g/mol. The highest BCUT2D eigenvalue weighted by atomic mass is 35.5. The van der Waals surface area contributed by atoms with E-state index in [1.165, 1.54) is 24.1 Å². The number of aromatic nitrogens is 1. The molecular formula is C10H13ClN2. The summed E-state index contributed by atoms with van der Waals surface area (Å²) in [7, 11) is 0. The van der Waals surface area contributed by atoms with E-state index in [4.69, 9.17) is 11.6 Å². The van der Waals surface area contributed by atoms with Gasteiger partial charge in [0.2, 0.25) is 0 Å². The minimum atomic E-state index is 0.584. The molecule has 0 amide bonds. The molecule has 0 spiro atoms. The van der Waals surface area contributed by atoms with Crippen molar-refractivity contribution in [2.75, 3.05) is 18.0 Å². The first kappa shape index (κ1) is 8.82. The number of aryl methyl sites for hydroxylation is 1. The molecule has 3 heteroatoms. The van der Waals surface area contributed by atoms with Crippen LogP contribution in [-0.2, 0) is 0 Å². The molecule has 1 fully saturated rings. The normalized spacial score (nSPS) is 16.6. The third-order valence-electron chi connectivity index (χ3n) is 2.50. The van der Waals surface area contributed by atoms with Crippen LogP contribution >= 0.6 is 11.6 Å². The molecule has 1 aromatic heterocycles. The van der Waals surface area contributed by atoms with E-state index in [0.717, 1.165) is 13.1 Å². The molecule has 0 aliphatic carbocycles. The topological polar surface area (TPSA) is 16.1 Å². The molecule has 0 saturated carbocycles. The van der Waals surface area contributed by atoms with Crippen LogP contribution in [0.5, 0.6) is 0 Å². The van der Waals surface area contributed by atoms with Crippen LogP contribution in [0.25, 0.3) is 0 Å². The van der Waals surface area contributed by atoms with Crippen molar-refractivity contribution in [3.63, 3.8) is 0 Å². The van der Waals surface area contributed by atoms with Crippen LogP contribution in [0.1, 0.15) is 18.4 Å². The smallest absolute Gasteiger partial charge is 0.129 e. The van der Waals surface area contributed by atoms with E-state index in [1.54, 1.807) is 0 Å². The molecule has 13 heavy (non-hydrogen) atoms. The Hall–Kier alpha value is -0.760. The number of halogens is 1. The van der Waals surface area contributed by atoms with E-state index in [0.29, 0.717) is 5.15 Å².